The van der Waals surface area contributed by atoms with E-state index in [2.05, 4.69) is 11.9 Å². The van der Waals surface area contributed by atoms with Crippen molar-refractivity contribution in [1.82, 2.24) is 9.88 Å². The average molecular weight is 383 g/mol. The van der Waals surface area contributed by atoms with Gasteiger partial charge in [-0.1, -0.05) is 18.5 Å². The number of benzene rings is 1. The van der Waals surface area contributed by atoms with Crippen molar-refractivity contribution < 1.29 is 14.3 Å². The van der Waals surface area contributed by atoms with Gasteiger partial charge in [0, 0.05) is 23.6 Å². The molecule has 1 heterocycles. The molecule has 25 heavy (non-hydrogen) atoms. The van der Waals surface area contributed by atoms with Crippen LogP contribution in [0.4, 0.5) is 0 Å². The zero-order valence-electron chi connectivity index (χ0n) is 14.7. The monoisotopic (exact) mass is 382 g/mol. The minimum Gasteiger partial charge on any atom is -0.486 e. The normalized spacial score (nSPS) is 12.0. The molecule has 0 radical (unpaired) electrons. The highest BCUT2D eigenvalue weighted by atomic mass is 35.5. The second kappa shape index (κ2) is 9.75. The molecule has 136 valence electrons. The van der Waals surface area contributed by atoms with E-state index in [1.807, 2.05) is 29.3 Å². The Morgan fingerprint density at radius 1 is 1.36 bits per heavy atom. The molecule has 2 aromatic rings. The van der Waals surface area contributed by atoms with Crippen molar-refractivity contribution in [2.45, 2.75) is 39.5 Å². The zero-order chi connectivity index (χ0) is 18.2. The molecule has 0 aliphatic carbocycles. The highest BCUT2D eigenvalue weighted by Gasteiger charge is 2.20. The average Bonchev–Trinajstić information content (AvgIpc) is 3.06. The van der Waals surface area contributed by atoms with Gasteiger partial charge in [0.1, 0.15) is 24.0 Å². The lowest BCUT2D eigenvalue weighted by Crippen LogP contribution is -2.39. The molecule has 0 fully saturated rings. The van der Waals surface area contributed by atoms with E-state index < -0.39 is 0 Å². The van der Waals surface area contributed by atoms with Crippen molar-refractivity contribution in [1.29, 1.82) is 0 Å². The van der Waals surface area contributed by atoms with Gasteiger partial charge in [-0.25, -0.2) is 4.98 Å². The predicted molar refractivity (Wildman–Crippen MR) is 100 cm³/mol. The summed E-state index contributed by atoms with van der Waals surface area (Å²) in [5.74, 6) is 0.724. The number of amides is 1. The molecular weight excluding hydrogens is 360 g/mol. The number of hydrogen-bond acceptors (Lipinski definition) is 5. The number of halogens is 1. The molecule has 0 aliphatic heterocycles. The molecule has 0 bridgehead atoms. The first-order valence-corrected chi connectivity index (χ1v) is 9.39. The van der Waals surface area contributed by atoms with Crippen LogP contribution in [0.5, 0.6) is 5.75 Å². The summed E-state index contributed by atoms with van der Waals surface area (Å²) >= 11 is 7.39. The predicted octanol–water partition coefficient (Wildman–Crippen LogP) is 4.15. The van der Waals surface area contributed by atoms with Crippen molar-refractivity contribution in [2.24, 2.45) is 0 Å². The highest BCUT2D eigenvalue weighted by molar-refractivity contribution is 7.09. The largest absolute Gasteiger partial charge is 0.486 e. The summed E-state index contributed by atoms with van der Waals surface area (Å²) in [6.07, 6.45) is 0.881. The fourth-order valence-corrected chi connectivity index (χ4v) is 3.08. The Balaban J connectivity index is 1.96. The van der Waals surface area contributed by atoms with E-state index in [1.54, 1.807) is 12.1 Å². The maximum Gasteiger partial charge on any atom is 0.249 e. The molecule has 0 aliphatic rings. The number of thiazole rings is 1. The third-order valence-electron chi connectivity index (χ3n) is 3.82. The van der Waals surface area contributed by atoms with E-state index in [1.165, 1.54) is 18.4 Å². The van der Waals surface area contributed by atoms with Crippen LogP contribution in [0.3, 0.4) is 0 Å². The van der Waals surface area contributed by atoms with Gasteiger partial charge in [0.25, 0.3) is 0 Å². The lowest BCUT2D eigenvalue weighted by atomic mass is 10.2. The standard InChI is InChI=1S/C18H23ClN2O3S/c1-4-13(2)21(18(22)11-23-3)9-15-12-25-17(20-15)10-24-16-7-5-14(19)6-8-16/h5-8,12-13H,4,9-11H2,1-3H3/t13-/m0/s1. The van der Waals surface area contributed by atoms with Crippen molar-refractivity contribution in [3.05, 3.63) is 45.4 Å². The Hall–Kier alpha value is -1.63. The van der Waals surface area contributed by atoms with Crippen molar-refractivity contribution in [3.63, 3.8) is 0 Å². The van der Waals surface area contributed by atoms with Crippen LogP contribution in [0, 0.1) is 0 Å². The first-order chi connectivity index (χ1) is 12.0. The molecule has 7 heteroatoms. The fourth-order valence-electron chi connectivity index (χ4n) is 2.25. The zero-order valence-corrected chi connectivity index (χ0v) is 16.3. The summed E-state index contributed by atoms with van der Waals surface area (Å²) in [5.41, 5.74) is 0.865. The molecule has 1 atom stereocenters. The number of rotatable bonds is 9. The van der Waals surface area contributed by atoms with E-state index in [0.29, 0.717) is 18.2 Å². The van der Waals surface area contributed by atoms with Crippen LogP contribution in [0.2, 0.25) is 5.02 Å². The third kappa shape index (κ3) is 5.99. The Labute approximate surface area is 157 Å². The van der Waals surface area contributed by atoms with Gasteiger partial charge < -0.3 is 14.4 Å². The van der Waals surface area contributed by atoms with Gasteiger partial charge in [0.05, 0.1) is 12.2 Å². The summed E-state index contributed by atoms with van der Waals surface area (Å²) in [4.78, 5) is 18.6. The molecule has 0 spiro atoms. The van der Waals surface area contributed by atoms with E-state index in [-0.39, 0.29) is 18.6 Å². The summed E-state index contributed by atoms with van der Waals surface area (Å²) < 4.78 is 10.7. The number of ether oxygens (including phenoxy) is 2. The summed E-state index contributed by atoms with van der Waals surface area (Å²) in [5, 5.41) is 3.51. The molecule has 2 rings (SSSR count). The van der Waals surface area contributed by atoms with Crippen LogP contribution in [-0.4, -0.2) is 35.5 Å². The number of methoxy groups -OCH3 is 1. The molecule has 1 amide bonds. The van der Waals surface area contributed by atoms with Crippen LogP contribution >= 0.6 is 22.9 Å². The SMILES string of the molecule is CC[C@H](C)N(Cc1csc(COc2ccc(Cl)cc2)n1)C(=O)COC. The molecule has 0 saturated carbocycles. The Kier molecular flexibility index (Phi) is 7.68. The van der Waals surface area contributed by atoms with E-state index in [0.717, 1.165) is 22.9 Å². The summed E-state index contributed by atoms with van der Waals surface area (Å²) in [6.45, 7) is 5.05. The minimum atomic E-state index is -0.0242. The van der Waals surface area contributed by atoms with Crippen molar-refractivity contribution >= 4 is 28.8 Å². The second-order valence-corrected chi connectivity index (χ2v) is 7.07. The van der Waals surface area contributed by atoms with Gasteiger partial charge in [0.2, 0.25) is 5.91 Å². The van der Waals surface area contributed by atoms with Crippen LogP contribution in [0.25, 0.3) is 0 Å². The van der Waals surface area contributed by atoms with Gasteiger partial charge in [-0.15, -0.1) is 11.3 Å². The van der Waals surface area contributed by atoms with Crippen LogP contribution in [0.15, 0.2) is 29.6 Å². The van der Waals surface area contributed by atoms with Gasteiger partial charge in [0.15, 0.2) is 0 Å². The molecule has 1 aromatic carbocycles. The molecule has 0 saturated heterocycles. The first-order valence-electron chi connectivity index (χ1n) is 8.13. The molecule has 0 unspecified atom stereocenters. The number of aromatic nitrogens is 1. The van der Waals surface area contributed by atoms with Crippen LogP contribution < -0.4 is 4.74 Å². The summed E-state index contributed by atoms with van der Waals surface area (Å²) in [6, 6.07) is 7.36. The fraction of sp³-hybridized carbons (Fsp3) is 0.444. The van der Waals surface area contributed by atoms with Gasteiger partial charge in [-0.05, 0) is 37.6 Å². The second-order valence-electron chi connectivity index (χ2n) is 5.69. The maximum absolute atomic E-state index is 12.2. The third-order valence-corrected chi connectivity index (χ3v) is 4.94. The number of hydrogen-bond donors (Lipinski definition) is 0. The van der Waals surface area contributed by atoms with Gasteiger partial charge in [-0.2, -0.15) is 0 Å². The van der Waals surface area contributed by atoms with Crippen LogP contribution in [0.1, 0.15) is 31.0 Å². The number of carbonyl (C=O) groups is 1. The summed E-state index contributed by atoms with van der Waals surface area (Å²) in [7, 11) is 1.53. The first kappa shape index (κ1) is 19.7. The molecule has 5 nitrogen and oxygen atoms in total. The maximum atomic E-state index is 12.2. The van der Waals surface area contributed by atoms with E-state index in [9.17, 15) is 4.79 Å². The van der Waals surface area contributed by atoms with E-state index in [4.69, 9.17) is 21.1 Å². The highest BCUT2D eigenvalue weighted by Crippen LogP contribution is 2.19. The minimum absolute atomic E-state index is 0.0242. The van der Waals surface area contributed by atoms with E-state index >= 15 is 0 Å². The molecule has 1 aromatic heterocycles. The molecule has 0 N–H and O–H groups in total. The molecular formula is C18H23ClN2O3S. The Morgan fingerprint density at radius 2 is 2.08 bits per heavy atom. The topological polar surface area (TPSA) is 51.7 Å². The van der Waals surface area contributed by atoms with Crippen molar-refractivity contribution in [3.8, 4) is 5.75 Å². The van der Waals surface area contributed by atoms with Gasteiger partial charge in [-0.3, -0.25) is 4.79 Å². The van der Waals surface area contributed by atoms with Crippen LogP contribution in [-0.2, 0) is 22.7 Å². The number of carbonyl (C=O) groups excluding carboxylic acids is 1. The van der Waals surface area contributed by atoms with Gasteiger partial charge >= 0.3 is 0 Å². The lowest BCUT2D eigenvalue weighted by molar-refractivity contribution is -0.138. The van der Waals surface area contributed by atoms with Crippen molar-refractivity contribution in [2.75, 3.05) is 13.7 Å². The quantitative estimate of drug-likeness (QED) is 0.653. The number of nitrogens with zero attached hydrogens (tertiary/aromatic N) is 2. The smallest absolute Gasteiger partial charge is 0.249 e. The Morgan fingerprint density at radius 3 is 2.72 bits per heavy atom. The Bertz CT molecular complexity index is 675. The lowest BCUT2D eigenvalue weighted by Gasteiger charge is -2.27.